The quantitative estimate of drug-likeness (QED) is 0.428. The molecule has 0 fully saturated rings. The van der Waals surface area contributed by atoms with Crippen molar-refractivity contribution in [3.05, 3.63) is 53.9 Å². The summed E-state index contributed by atoms with van der Waals surface area (Å²) in [5.74, 6) is 0. The summed E-state index contributed by atoms with van der Waals surface area (Å²) in [5, 5.41) is 9.96. The average molecular weight is 274 g/mol. The molecule has 0 saturated heterocycles. The first-order chi connectivity index (χ1) is 9.65. The van der Waals surface area contributed by atoms with E-state index in [-0.39, 0.29) is 6.04 Å². The van der Waals surface area contributed by atoms with Crippen molar-refractivity contribution >= 4 is 11.9 Å². The molecule has 0 bridgehead atoms. The molecule has 1 aromatic rings. The third-order valence-corrected chi connectivity index (χ3v) is 2.62. The third kappa shape index (κ3) is 6.17. The van der Waals surface area contributed by atoms with E-state index in [0.717, 1.165) is 12.1 Å². The molecule has 0 radical (unpaired) electrons. The summed E-state index contributed by atoms with van der Waals surface area (Å²) in [5.41, 5.74) is 14.3. The van der Waals surface area contributed by atoms with Gasteiger partial charge in [-0.05, 0) is 36.3 Å². The standard InChI is InChI=1S/C15H22N4O/c1-20-11-14(18)9-12-4-6-15(7-5-12)19-10-13(17)3-2-8-16/h2-8,10,14,16,19H,9,11,17-18H2,1H3/b3-2-,13-10-,16-8?/t14-/m0/s1. The van der Waals surface area contributed by atoms with Crippen molar-refractivity contribution in [3.8, 4) is 0 Å². The first-order valence-corrected chi connectivity index (χ1v) is 6.38. The smallest absolute Gasteiger partial charge is 0.0616 e. The molecule has 0 spiro atoms. The van der Waals surface area contributed by atoms with Gasteiger partial charge in [0.25, 0.3) is 0 Å². The van der Waals surface area contributed by atoms with Crippen LogP contribution in [0.25, 0.3) is 0 Å². The Hall–Kier alpha value is -2.11. The molecule has 0 aliphatic heterocycles. The first-order valence-electron chi connectivity index (χ1n) is 6.38. The molecule has 1 atom stereocenters. The Morgan fingerprint density at radius 3 is 2.70 bits per heavy atom. The highest BCUT2D eigenvalue weighted by Crippen LogP contribution is 2.11. The zero-order chi connectivity index (χ0) is 14.8. The molecule has 0 aliphatic rings. The van der Waals surface area contributed by atoms with Crippen LogP contribution >= 0.6 is 0 Å². The number of ether oxygens (including phenoxy) is 1. The lowest BCUT2D eigenvalue weighted by Gasteiger charge is -2.10. The van der Waals surface area contributed by atoms with Gasteiger partial charge in [-0.15, -0.1) is 0 Å². The number of nitrogens with one attached hydrogen (secondary N) is 2. The zero-order valence-electron chi connectivity index (χ0n) is 11.7. The van der Waals surface area contributed by atoms with Crippen molar-refractivity contribution in [2.75, 3.05) is 19.0 Å². The van der Waals surface area contributed by atoms with Crippen LogP contribution in [0, 0.1) is 5.41 Å². The van der Waals surface area contributed by atoms with Gasteiger partial charge in [0, 0.05) is 37.0 Å². The summed E-state index contributed by atoms with van der Waals surface area (Å²) in [6, 6.07) is 8.00. The highest BCUT2D eigenvalue weighted by atomic mass is 16.5. The summed E-state index contributed by atoms with van der Waals surface area (Å²) < 4.78 is 5.02. The minimum absolute atomic E-state index is 0.0145. The Kier molecular flexibility index (Phi) is 7.10. The molecule has 20 heavy (non-hydrogen) atoms. The predicted molar refractivity (Wildman–Crippen MR) is 83.8 cm³/mol. The fourth-order valence-electron chi connectivity index (χ4n) is 1.69. The van der Waals surface area contributed by atoms with Crippen molar-refractivity contribution in [1.29, 1.82) is 5.41 Å². The molecule has 0 aliphatic carbocycles. The first kappa shape index (κ1) is 15.9. The zero-order valence-corrected chi connectivity index (χ0v) is 11.7. The number of benzene rings is 1. The molecular formula is C15H22N4O. The molecule has 1 rings (SSSR count). The van der Waals surface area contributed by atoms with Crippen molar-refractivity contribution in [2.24, 2.45) is 11.5 Å². The lowest BCUT2D eigenvalue weighted by Crippen LogP contribution is -2.27. The van der Waals surface area contributed by atoms with Crippen molar-refractivity contribution in [1.82, 2.24) is 0 Å². The van der Waals surface area contributed by atoms with Gasteiger partial charge in [-0.25, -0.2) is 0 Å². The van der Waals surface area contributed by atoms with Crippen LogP contribution in [0.15, 0.2) is 48.3 Å². The molecule has 1 aromatic carbocycles. The van der Waals surface area contributed by atoms with Crippen molar-refractivity contribution in [2.45, 2.75) is 12.5 Å². The second kappa shape index (κ2) is 8.90. The molecule has 108 valence electrons. The number of rotatable bonds is 8. The summed E-state index contributed by atoms with van der Waals surface area (Å²) in [6.45, 7) is 0.554. The van der Waals surface area contributed by atoms with E-state index in [0.29, 0.717) is 12.3 Å². The Labute approximate surface area is 119 Å². The fraction of sp³-hybridized carbons (Fsp3) is 0.267. The second-order valence-corrected chi connectivity index (χ2v) is 4.43. The highest BCUT2D eigenvalue weighted by molar-refractivity contribution is 5.68. The number of allylic oxidation sites excluding steroid dienone is 2. The van der Waals surface area contributed by atoms with Crippen LogP contribution in [0.5, 0.6) is 0 Å². The van der Waals surface area contributed by atoms with E-state index >= 15 is 0 Å². The Morgan fingerprint density at radius 1 is 1.40 bits per heavy atom. The topological polar surface area (TPSA) is 97.2 Å². The Morgan fingerprint density at radius 2 is 2.10 bits per heavy atom. The summed E-state index contributed by atoms with van der Waals surface area (Å²) in [4.78, 5) is 0. The highest BCUT2D eigenvalue weighted by Gasteiger charge is 2.03. The van der Waals surface area contributed by atoms with E-state index in [9.17, 15) is 0 Å². The minimum Gasteiger partial charge on any atom is -0.398 e. The monoisotopic (exact) mass is 274 g/mol. The lowest BCUT2D eigenvalue weighted by molar-refractivity contribution is 0.180. The molecule has 0 saturated carbocycles. The van der Waals surface area contributed by atoms with Crippen LogP contribution in [0.3, 0.4) is 0 Å². The number of hydrogen-bond donors (Lipinski definition) is 4. The summed E-state index contributed by atoms with van der Waals surface area (Å²) in [7, 11) is 1.65. The van der Waals surface area contributed by atoms with E-state index in [4.69, 9.17) is 21.6 Å². The molecule has 6 N–H and O–H groups in total. The minimum atomic E-state index is 0.0145. The lowest BCUT2D eigenvalue weighted by atomic mass is 10.1. The number of anilines is 1. The molecule has 5 nitrogen and oxygen atoms in total. The second-order valence-electron chi connectivity index (χ2n) is 4.43. The van der Waals surface area contributed by atoms with Gasteiger partial charge in [0.05, 0.1) is 6.61 Å². The third-order valence-electron chi connectivity index (χ3n) is 2.62. The SMILES string of the molecule is COC[C@@H](N)Cc1ccc(N/C=C(N)/C=C\C=N)cc1. The van der Waals surface area contributed by atoms with Crippen LogP contribution in [0.2, 0.25) is 0 Å². The van der Waals surface area contributed by atoms with Gasteiger partial charge in [0.1, 0.15) is 0 Å². The maximum atomic E-state index is 6.87. The van der Waals surface area contributed by atoms with E-state index in [1.807, 2.05) is 24.3 Å². The van der Waals surface area contributed by atoms with Gasteiger partial charge < -0.3 is 26.9 Å². The van der Waals surface area contributed by atoms with E-state index < -0.39 is 0 Å². The maximum Gasteiger partial charge on any atom is 0.0616 e. The van der Waals surface area contributed by atoms with E-state index in [2.05, 4.69) is 5.32 Å². The van der Waals surface area contributed by atoms with Crippen LogP contribution in [-0.2, 0) is 11.2 Å². The van der Waals surface area contributed by atoms with Crippen molar-refractivity contribution in [3.63, 3.8) is 0 Å². The van der Waals surface area contributed by atoms with E-state index in [1.165, 1.54) is 11.8 Å². The largest absolute Gasteiger partial charge is 0.398 e. The maximum absolute atomic E-state index is 6.87. The van der Waals surface area contributed by atoms with Crippen LogP contribution in [0.4, 0.5) is 5.69 Å². The predicted octanol–water partition coefficient (Wildman–Crippen LogP) is 1.62. The van der Waals surface area contributed by atoms with Gasteiger partial charge in [-0.2, -0.15) is 0 Å². The van der Waals surface area contributed by atoms with Gasteiger partial charge in [-0.3, -0.25) is 0 Å². The molecule has 5 heteroatoms. The number of methoxy groups -OCH3 is 1. The molecule has 0 aromatic heterocycles. The molecule has 0 amide bonds. The van der Waals surface area contributed by atoms with Crippen LogP contribution in [-0.4, -0.2) is 26.0 Å². The molecule has 0 heterocycles. The van der Waals surface area contributed by atoms with Gasteiger partial charge in [-0.1, -0.05) is 12.1 Å². The molecule has 0 unspecified atom stereocenters. The summed E-state index contributed by atoms with van der Waals surface area (Å²) >= 11 is 0. The van der Waals surface area contributed by atoms with Gasteiger partial charge >= 0.3 is 0 Å². The number of hydrogen-bond acceptors (Lipinski definition) is 5. The van der Waals surface area contributed by atoms with Crippen LogP contribution < -0.4 is 16.8 Å². The normalized spacial score (nSPS) is 13.4. The van der Waals surface area contributed by atoms with Crippen molar-refractivity contribution < 1.29 is 4.74 Å². The Bertz CT molecular complexity index is 465. The number of nitrogens with two attached hydrogens (primary N) is 2. The average Bonchev–Trinajstić information content (AvgIpc) is 2.44. The molecular weight excluding hydrogens is 252 g/mol. The Balaban J connectivity index is 2.54. The summed E-state index contributed by atoms with van der Waals surface area (Å²) in [6.07, 6.45) is 6.87. The van der Waals surface area contributed by atoms with Gasteiger partial charge in [0.2, 0.25) is 0 Å². The van der Waals surface area contributed by atoms with Gasteiger partial charge in [0.15, 0.2) is 0 Å². The van der Waals surface area contributed by atoms with E-state index in [1.54, 1.807) is 25.5 Å². The fourth-order valence-corrected chi connectivity index (χ4v) is 1.69. The van der Waals surface area contributed by atoms with Crippen LogP contribution in [0.1, 0.15) is 5.56 Å².